The Labute approximate surface area is 127 Å². The second-order valence-electron chi connectivity index (χ2n) is 6.30. The number of hydrogen-bond acceptors (Lipinski definition) is 4. The van der Waals surface area contributed by atoms with Crippen LogP contribution in [0, 0.1) is 13.8 Å². The predicted molar refractivity (Wildman–Crippen MR) is 82.7 cm³/mol. The van der Waals surface area contributed by atoms with Crippen molar-refractivity contribution < 1.29 is 13.2 Å². The second-order valence-corrected chi connectivity index (χ2v) is 8.21. The van der Waals surface area contributed by atoms with Crippen molar-refractivity contribution in [3.8, 4) is 0 Å². The first-order chi connectivity index (χ1) is 9.65. The number of morpholine rings is 1. The molecule has 6 heteroatoms. The minimum atomic E-state index is -3.53. The number of benzene rings is 1. The molecule has 0 bridgehead atoms. The Morgan fingerprint density at radius 3 is 2.67 bits per heavy atom. The van der Waals surface area contributed by atoms with Gasteiger partial charge in [0.05, 0.1) is 16.6 Å². The summed E-state index contributed by atoms with van der Waals surface area (Å²) in [6.07, 6.45) is -0.270. The molecular weight excluding hydrogens is 288 g/mol. The highest BCUT2D eigenvalue weighted by Crippen LogP contribution is 2.28. The standard InChI is InChI=1S/C15H24N2O3S/c1-11-5-6-12(2)14(7-11)21(18,19)17-9-13(8-16)20-15(3,4)10-17/h5-7,13H,8-10,16H2,1-4H3. The summed E-state index contributed by atoms with van der Waals surface area (Å²) in [5.41, 5.74) is 6.83. The van der Waals surface area contributed by atoms with Gasteiger partial charge >= 0.3 is 0 Å². The first-order valence-corrected chi connectivity index (χ1v) is 8.55. The van der Waals surface area contributed by atoms with E-state index in [2.05, 4.69) is 0 Å². The van der Waals surface area contributed by atoms with Crippen molar-refractivity contribution in [2.24, 2.45) is 5.73 Å². The Hall–Kier alpha value is -0.950. The lowest BCUT2D eigenvalue weighted by molar-refractivity contribution is -0.112. The molecule has 2 N–H and O–H groups in total. The molecule has 0 radical (unpaired) electrons. The van der Waals surface area contributed by atoms with E-state index in [1.165, 1.54) is 4.31 Å². The molecule has 1 heterocycles. The van der Waals surface area contributed by atoms with Crippen LogP contribution < -0.4 is 5.73 Å². The number of nitrogens with two attached hydrogens (primary N) is 1. The van der Waals surface area contributed by atoms with Gasteiger partial charge in [-0.25, -0.2) is 8.42 Å². The van der Waals surface area contributed by atoms with E-state index in [0.717, 1.165) is 11.1 Å². The van der Waals surface area contributed by atoms with Gasteiger partial charge in [-0.2, -0.15) is 4.31 Å². The summed E-state index contributed by atoms with van der Waals surface area (Å²) in [6.45, 7) is 8.43. The van der Waals surface area contributed by atoms with Crippen LogP contribution in [0.25, 0.3) is 0 Å². The average Bonchev–Trinajstić information content (AvgIpc) is 2.39. The molecule has 2 rings (SSSR count). The zero-order valence-corrected chi connectivity index (χ0v) is 13.9. The molecule has 1 saturated heterocycles. The van der Waals surface area contributed by atoms with Crippen LogP contribution in [-0.2, 0) is 14.8 Å². The lowest BCUT2D eigenvalue weighted by atomic mass is 10.1. The summed E-state index contributed by atoms with van der Waals surface area (Å²) >= 11 is 0. The first-order valence-electron chi connectivity index (χ1n) is 7.11. The molecule has 1 unspecified atom stereocenters. The molecule has 118 valence electrons. The molecule has 0 spiro atoms. The van der Waals surface area contributed by atoms with Crippen molar-refractivity contribution in [3.63, 3.8) is 0 Å². The lowest BCUT2D eigenvalue weighted by Gasteiger charge is -2.41. The van der Waals surface area contributed by atoms with E-state index < -0.39 is 15.6 Å². The van der Waals surface area contributed by atoms with Crippen molar-refractivity contribution >= 4 is 10.0 Å². The molecule has 1 aliphatic rings. The van der Waals surface area contributed by atoms with Gasteiger partial charge < -0.3 is 10.5 Å². The van der Waals surface area contributed by atoms with Crippen LogP contribution >= 0.6 is 0 Å². The maximum Gasteiger partial charge on any atom is 0.243 e. The molecule has 0 aromatic heterocycles. The Balaban J connectivity index is 2.41. The van der Waals surface area contributed by atoms with Crippen LogP contribution in [0.15, 0.2) is 23.1 Å². The maximum absolute atomic E-state index is 12.9. The summed E-state index contributed by atoms with van der Waals surface area (Å²) in [5.74, 6) is 0. The smallest absolute Gasteiger partial charge is 0.243 e. The van der Waals surface area contributed by atoms with Crippen molar-refractivity contribution in [1.29, 1.82) is 0 Å². The van der Waals surface area contributed by atoms with E-state index in [0.29, 0.717) is 24.5 Å². The molecular formula is C15H24N2O3S. The van der Waals surface area contributed by atoms with Gasteiger partial charge in [0.15, 0.2) is 0 Å². The number of nitrogens with zero attached hydrogens (tertiary/aromatic N) is 1. The summed E-state index contributed by atoms with van der Waals surface area (Å²) in [7, 11) is -3.53. The van der Waals surface area contributed by atoms with Gasteiger partial charge in [0.25, 0.3) is 0 Å². The van der Waals surface area contributed by atoms with Crippen LogP contribution in [0.5, 0.6) is 0 Å². The Morgan fingerprint density at radius 2 is 2.05 bits per heavy atom. The van der Waals surface area contributed by atoms with Gasteiger partial charge in [-0.1, -0.05) is 12.1 Å². The molecule has 0 saturated carbocycles. The highest BCUT2D eigenvalue weighted by atomic mass is 32.2. The number of ether oxygens (including phenoxy) is 1. The molecule has 5 nitrogen and oxygen atoms in total. The molecule has 1 atom stereocenters. The lowest BCUT2D eigenvalue weighted by Crippen LogP contribution is -2.56. The zero-order chi connectivity index (χ0) is 15.8. The normalized spacial score (nSPS) is 23.2. The second kappa shape index (κ2) is 5.68. The molecule has 1 aliphatic heterocycles. The quantitative estimate of drug-likeness (QED) is 0.916. The summed E-state index contributed by atoms with van der Waals surface area (Å²) < 4.78 is 33.2. The maximum atomic E-state index is 12.9. The largest absolute Gasteiger partial charge is 0.368 e. The van der Waals surface area contributed by atoms with E-state index in [9.17, 15) is 8.42 Å². The fourth-order valence-corrected chi connectivity index (χ4v) is 4.60. The van der Waals surface area contributed by atoms with E-state index in [1.54, 1.807) is 6.07 Å². The Morgan fingerprint density at radius 1 is 1.38 bits per heavy atom. The number of rotatable bonds is 3. The van der Waals surface area contributed by atoms with Gasteiger partial charge in [-0.05, 0) is 44.9 Å². The van der Waals surface area contributed by atoms with Crippen LogP contribution in [0.2, 0.25) is 0 Å². The molecule has 1 fully saturated rings. The molecule has 0 amide bonds. The fraction of sp³-hybridized carbons (Fsp3) is 0.600. The van der Waals surface area contributed by atoms with E-state index in [-0.39, 0.29) is 6.10 Å². The summed E-state index contributed by atoms with van der Waals surface area (Å²) in [5, 5.41) is 0. The minimum Gasteiger partial charge on any atom is -0.368 e. The Kier molecular flexibility index (Phi) is 4.44. The fourth-order valence-electron chi connectivity index (χ4n) is 2.67. The van der Waals surface area contributed by atoms with E-state index >= 15 is 0 Å². The summed E-state index contributed by atoms with van der Waals surface area (Å²) in [6, 6.07) is 5.49. The van der Waals surface area contributed by atoms with Crippen molar-refractivity contribution in [2.45, 2.75) is 44.3 Å². The van der Waals surface area contributed by atoms with Gasteiger partial charge in [0.2, 0.25) is 10.0 Å². The van der Waals surface area contributed by atoms with Crippen LogP contribution in [0.3, 0.4) is 0 Å². The third-order valence-corrected chi connectivity index (χ3v) is 5.63. The van der Waals surface area contributed by atoms with Crippen LogP contribution in [0.1, 0.15) is 25.0 Å². The third-order valence-electron chi connectivity index (χ3n) is 3.67. The molecule has 21 heavy (non-hydrogen) atoms. The van der Waals surface area contributed by atoms with Crippen molar-refractivity contribution in [1.82, 2.24) is 4.31 Å². The van der Waals surface area contributed by atoms with Crippen LogP contribution in [-0.4, -0.2) is 44.1 Å². The van der Waals surface area contributed by atoms with Gasteiger partial charge in [0, 0.05) is 19.6 Å². The monoisotopic (exact) mass is 312 g/mol. The molecule has 0 aliphatic carbocycles. The van der Waals surface area contributed by atoms with Crippen LogP contribution in [0.4, 0.5) is 0 Å². The first kappa shape index (κ1) is 16.4. The number of sulfonamides is 1. The van der Waals surface area contributed by atoms with Crippen molar-refractivity contribution in [3.05, 3.63) is 29.3 Å². The summed E-state index contributed by atoms with van der Waals surface area (Å²) in [4.78, 5) is 0.371. The number of aryl methyl sites for hydroxylation is 2. The molecule has 1 aromatic carbocycles. The topological polar surface area (TPSA) is 72.6 Å². The Bertz CT molecular complexity index is 626. The third kappa shape index (κ3) is 3.45. The highest BCUT2D eigenvalue weighted by molar-refractivity contribution is 7.89. The van der Waals surface area contributed by atoms with Crippen molar-refractivity contribution in [2.75, 3.05) is 19.6 Å². The SMILES string of the molecule is Cc1ccc(C)c(S(=O)(=O)N2CC(CN)OC(C)(C)C2)c1. The van der Waals surface area contributed by atoms with Gasteiger partial charge in [-0.15, -0.1) is 0 Å². The van der Waals surface area contributed by atoms with Gasteiger partial charge in [0.1, 0.15) is 0 Å². The highest BCUT2D eigenvalue weighted by Gasteiger charge is 2.39. The van der Waals surface area contributed by atoms with Gasteiger partial charge in [-0.3, -0.25) is 0 Å². The number of hydrogen-bond donors (Lipinski definition) is 1. The average molecular weight is 312 g/mol. The zero-order valence-electron chi connectivity index (χ0n) is 13.1. The predicted octanol–water partition coefficient (Wildman–Crippen LogP) is 1.43. The molecule has 1 aromatic rings. The van der Waals surface area contributed by atoms with E-state index in [1.807, 2.05) is 39.8 Å². The van der Waals surface area contributed by atoms with E-state index in [4.69, 9.17) is 10.5 Å². The minimum absolute atomic E-state index is 0.270.